The first-order valence-corrected chi connectivity index (χ1v) is 11.0. The van der Waals surface area contributed by atoms with Crippen molar-refractivity contribution in [2.24, 2.45) is 0 Å². The number of benzene rings is 4. The first-order valence-electron chi connectivity index (χ1n) is 9.90. The first-order chi connectivity index (χ1) is 16.0. The maximum atomic E-state index is 6.97. The minimum Gasteiger partial charge on any atom is -0.115 e. The lowest BCUT2D eigenvalue weighted by Crippen LogP contribution is -1.94. The number of halogens is 3. The molecule has 0 aliphatic carbocycles. The molecule has 0 bridgehead atoms. The van der Waals surface area contributed by atoms with Gasteiger partial charge >= 0.3 is 0 Å². The topological polar surface area (TPSA) is 0 Å². The summed E-state index contributed by atoms with van der Waals surface area (Å²) in [6.07, 6.45) is 16.6. The highest BCUT2D eigenvalue weighted by molar-refractivity contribution is 6.48. The molecule has 4 aromatic carbocycles. The van der Waals surface area contributed by atoms with E-state index in [2.05, 4.69) is 17.8 Å². The Kier molecular flexibility index (Phi) is 6.52. The third-order valence-electron chi connectivity index (χ3n) is 5.34. The van der Waals surface area contributed by atoms with Crippen LogP contribution in [0, 0.1) is 37.0 Å². The van der Waals surface area contributed by atoms with Crippen molar-refractivity contribution in [3.8, 4) is 70.4 Å². The molecule has 0 unspecified atom stereocenters. The summed E-state index contributed by atoms with van der Waals surface area (Å²) in [5.74, 6) is 7.86. The van der Waals surface area contributed by atoms with E-state index in [-0.39, 0.29) is 0 Å². The lowest BCUT2D eigenvalue weighted by atomic mass is 9.91. The Hall–Kier alpha value is -3.57. The van der Waals surface area contributed by atoms with Gasteiger partial charge in [0.05, 0.1) is 15.1 Å². The van der Waals surface area contributed by atoms with Crippen molar-refractivity contribution < 1.29 is 0 Å². The fourth-order valence-corrected chi connectivity index (χ4v) is 4.99. The van der Waals surface area contributed by atoms with Crippen LogP contribution in [0.25, 0.3) is 33.4 Å². The molecular formula is C30H15Cl3. The van der Waals surface area contributed by atoms with Gasteiger partial charge in [-0.2, -0.15) is 0 Å². The van der Waals surface area contributed by atoms with Gasteiger partial charge in [0.2, 0.25) is 0 Å². The molecule has 156 valence electrons. The molecule has 0 aliphatic heterocycles. The largest absolute Gasteiger partial charge is 0.115 e. The quantitative estimate of drug-likeness (QED) is 0.257. The summed E-state index contributed by atoms with van der Waals surface area (Å²) in [6, 6.07) is 22.5. The van der Waals surface area contributed by atoms with E-state index in [9.17, 15) is 0 Å². The second-order valence-electron chi connectivity index (χ2n) is 7.23. The molecular weight excluding hydrogens is 467 g/mol. The minimum atomic E-state index is 0.441. The van der Waals surface area contributed by atoms with Crippen LogP contribution in [-0.2, 0) is 0 Å². The summed E-state index contributed by atoms with van der Waals surface area (Å²) in [4.78, 5) is 0. The third-order valence-corrected chi connectivity index (χ3v) is 6.47. The van der Waals surface area contributed by atoms with Crippen molar-refractivity contribution in [1.29, 1.82) is 0 Å². The van der Waals surface area contributed by atoms with Crippen LogP contribution in [0.4, 0.5) is 0 Å². The van der Waals surface area contributed by atoms with Gasteiger partial charge in [-0.3, -0.25) is 0 Å². The molecule has 0 heterocycles. The number of rotatable bonds is 3. The van der Waals surface area contributed by atoms with Gasteiger partial charge in [0.15, 0.2) is 0 Å². The van der Waals surface area contributed by atoms with E-state index in [1.54, 1.807) is 0 Å². The van der Waals surface area contributed by atoms with Crippen LogP contribution in [0.2, 0.25) is 15.1 Å². The molecule has 0 fully saturated rings. The summed E-state index contributed by atoms with van der Waals surface area (Å²) in [7, 11) is 0. The zero-order valence-corrected chi connectivity index (χ0v) is 19.6. The fraction of sp³-hybridized carbons (Fsp3) is 0. The highest BCUT2D eigenvalue weighted by atomic mass is 35.5. The smallest absolute Gasteiger partial charge is 0.0593 e. The van der Waals surface area contributed by atoms with Gasteiger partial charge in [-0.25, -0.2) is 0 Å². The van der Waals surface area contributed by atoms with Crippen LogP contribution >= 0.6 is 34.8 Å². The number of hydrogen-bond donors (Lipinski definition) is 0. The summed E-state index contributed by atoms with van der Waals surface area (Å²) in [6.45, 7) is 0. The Morgan fingerprint density at radius 1 is 0.394 bits per heavy atom. The molecule has 4 rings (SSSR count). The van der Waals surface area contributed by atoms with Gasteiger partial charge < -0.3 is 0 Å². The van der Waals surface area contributed by atoms with Crippen molar-refractivity contribution >= 4 is 34.8 Å². The van der Waals surface area contributed by atoms with Gasteiger partial charge in [-0.1, -0.05) is 89.0 Å². The fourth-order valence-electron chi connectivity index (χ4n) is 3.62. The van der Waals surface area contributed by atoms with E-state index in [0.29, 0.717) is 31.8 Å². The van der Waals surface area contributed by atoms with Gasteiger partial charge in [0.1, 0.15) is 0 Å². The van der Waals surface area contributed by atoms with E-state index >= 15 is 0 Å². The molecule has 3 heteroatoms. The van der Waals surface area contributed by atoms with Crippen LogP contribution < -0.4 is 0 Å². The van der Waals surface area contributed by atoms with Gasteiger partial charge in [-0.05, 0) is 53.1 Å². The Morgan fingerprint density at radius 3 is 0.788 bits per heavy atom. The highest BCUT2D eigenvalue weighted by Gasteiger charge is 2.24. The number of hydrogen-bond acceptors (Lipinski definition) is 0. The van der Waals surface area contributed by atoms with Crippen LogP contribution in [0.1, 0.15) is 16.7 Å². The van der Waals surface area contributed by atoms with Gasteiger partial charge in [-0.15, -0.1) is 19.3 Å². The summed E-state index contributed by atoms with van der Waals surface area (Å²) < 4.78 is 0. The van der Waals surface area contributed by atoms with Crippen molar-refractivity contribution in [2.75, 3.05) is 0 Å². The van der Waals surface area contributed by atoms with E-state index in [1.165, 1.54) is 0 Å². The second kappa shape index (κ2) is 9.51. The Labute approximate surface area is 209 Å². The lowest BCUT2D eigenvalue weighted by molar-refractivity contribution is 1.54. The van der Waals surface area contributed by atoms with Gasteiger partial charge in [0.25, 0.3) is 0 Å². The predicted molar refractivity (Wildman–Crippen MR) is 142 cm³/mol. The first kappa shape index (κ1) is 22.6. The maximum absolute atomic E-state index is 6.97. The Bertz CT molecular complexity index is 1260. The van der Waals surface area contributed by atoms with Crippen molar-refractivity contribution in [2.45, 2.75) is 0 Å². The molecule has 0 radical (unpaired) electrons. The van der Waals surface area contributed by atoms with E-state index in [4.69, 9.17) is 54.1 Å². The van der Waals surface area contributed by atoms with E-state index in [1.807, 2.05) is 72.8 Å². The predicted octanol–water partition coefficient (Wildman–Crippen LogP) is 8.59. The molecule has 0 aromatic heterocycles. The average Bonchev–Trinajstić information content (AvgIpc) is 2.85. The molecule has 0 N–H and O–H groups in total. The zero-order valence-electron chi connectivity index (χ0n) is 17.3. The molecule has 0 saturated heterocycles. The molecule has 4 aromatic rings. The third kappa shape index (κ3) is 4.24. The summed E-state index contributed by atoms with van der Waals surface area (Å²) >= 11 is 20.9. The highest BCUT2D eigenvalue weighted by Crippen LogP contribution is 2.51. The normalized spacial score (nSPS) is 10.2. The molecule has 0 amide bonds. The van der Waals surface area contributed by atoms with Crippen molar-refractivity contribution in [1.82, 2.24) is 0 Å². The monoisotopic (exact) mass is 480 g/mol. The molecule has 0 saturated carbocycles. The Morgan fingerprint density at radius 2 is 0.606 bits per heavy atom. The SMILES string of the molecule is C#Cc1ccc(-c2c(Cl)c(-c3ccc(C#C)cc3)c(Cl)c(-c3ccc(C#C)cc3)c2Cl)cc1. The van der Waals surface area contributed by atoms with E-state index < -0.39 is 0 Å². The van der Waals surface area contributed by atoms with Gasteiger partial charge in [0, 0.05) is 33.4 Å². The van der Waals surface area contributed by atoms with Crippen molar-refractivity contribution in [3.63, 3.8) is 0 Å². The summed E-state index contributed by atoms with van der Waals surface area (Å²) in [5, 5.41) is 1.32. The standard InChI is InChI=1S/C30H15Cl3/c1-4-19-7-13-22(14-8-19)25-28(31)26(23-15-9-20(5-2)10-16-23)30(33)27(29(25)32)24-17-11-21(6-3)12-18-24/h1-3,7-18H. The molecule has 0 nitrogen and oxygen atoms in total. The van der Waals surface area contributed by atoms with Crippen LogP contribution in [0.5, 0.6) is 0 Å². The minimum absolute atomic E-state index is 0.441. The van der Waals surface area contributed by atoms with Crippen molar-refractivity contribution in [3.05, 3.63) is 105 Å². The summed E-state index contributed by atoms with van der Waals surface area (Å²) in [5.41, 5.74) is 6.74. The molecule has 0 aliphatic rings. The lowest BCUT2D eigenvalue weighted by Gasteiger charge is -2.20. The van der Waals surface area contributed by atoms with Crippen LogP contribution in [0.3, 0.4) is 0 Å². The maximum Gasteiger partial charge on any atom is 0.0593 e. The average molecular weight is 482 g/mol. The molecule has 0 spiro atoms. The zero-order chi connectivity index (χ0) is 23.5. The van der Waals surface area contributed by atoms with Crippen LogP contribution in [0.15, 0.2) is 72.8 Å². The van der Waals surface area contributed by atoms with Crippen LogP contribution in [-0.4, -0.2) is 0 Å². The molecule has 33 heavy (non-hydrogen) atoms. The second-order valence-corrected chi connectivity index (χ2v) is 8.37. The number of terminal acetylenes is 3. The van der Waals surface area contributed by atoms with E-state index in [0.717, 1.165) is 33.4 Å². The molecule has 0 atom stereocenters. The Balaban J connectivity index is 2.06.